The highest BCUT2D eigenvalue weighted by atomic mass is 32.1. The molecule has 1 aromatic carbocycles. The Morgan fingerprint density at radius 3 is 2.47 bits per heavy atom. The number of aliphatic hydroxyl groups excluding tert-OH is 1. The van der Waals surface area contributed by atoms with Gasteiger partial charge >= 0.3 is 0 Å². The summed E-state index contributed by atoms with van der Waals surface area (Å²) in [5.41, 5.74) is 3.10. The number of thiazole rings is 1. The third-order valence-electron chi connectivity index (χ3n) is 2.25. The number of aromatic nitrogens is 1. The number of hydrogen-bond acceptors (Lipinski definition) is 3. The fraction of sp³-hybridized carbons (Fsp3) is 0.250. The molecule has 0 aliphatic heterocycles. The van der Waals surface area contributed by atoms with Gasteiger partial charge in [-0.05, 0) is 13.8 Å². The zero-order valence-electron chi connectivity index (χ0n) is 8.77. The Balaban J connectivity index is 2.33. The molecule has 78 valence electrons. The van der Waals surface area contributed by atoms with Crippen molar-refractivity contribution in [2.24, 2.45) is 0 Å². The van der Waals surface area contributed by atoms with E-state index in [1.165, 1.54) is 5.56 Å². The molecule has 0 aliphatic carbocycles. The van der Waals surface area contributed by atoms with E-state index in [1.807, 2.05) is 5.38 Å². The predicted molar refractivity (Wildman–Crippen MR) is 62.9 cm³/mol. The minimum atomic E-state index is -0.486. The molecule has 1 heterocycles. The standard InChI is InChI=1S/C12H13NOS/c1-8-3-5-10(6-4-8)12-13-11(7-15-12)9(2)14/h3-7,9,14H,1-2H3/t9-/m0/s1. The highest BCUT2D eigenvalue weighted by molar-refractivity contribution is 7.13. The van der Waals surface area contributed by atoms with Gasteiger partial charge in [-0.2, -0.15) is 0 Å². The fourth-order valence-electron chi connectivity index (χ4n) is 1.31. The third-order valence-corrected chi connectivity index (χ3v) is 3.16. The van der Waals surface area contributed by atoms with E-state index in [-0.39, 0.29) is 0 Å². The normalized spacial score (nSPS) is 12.7. The lowest BCUT2D eigenvalue weighted by Gasteiger charge is -1.98. The monoisotopic (exact) mass is 219 g/mol. The summed E-state index contributed by atoms with van der Waals surface area (Å²) >= 11 is 1.57. The van der Waals surface area contributed by atoms with Gasteiger partial charge in [0.25, 0.3) is 0 Å². The van der Waals surface area contributed by atoms with Crippen LogP contribution in [0.25, 0.3) is 10.6 Å². The lowest BCUT2D eigenvalue weighted by atomic mass is 10.2. The minimum Gasteiger partial charge on any atom is -0.387 e. The molecule has 1 N–H and O–H groups in total. The lowest BCUT2D eigenvalue weighted by Crippen LogP contribution is -1.90. The molecule has 0 unspecified atom stereocenters. The van der Waals surface area contributed by atoms with Gasteiger partial charge in [0.1, 0.15) is 5.01 Å². The van der Waals surface area contributed by atoms with E-state index >= 15 is 0 Å². The number of aliphatic hydroxyl groups is 1. The summed E-state index contributed by atoms with van der Waals surface area (Å²) in [7, 11) is 0. The summed E-state index contributed by atoms with van der Waals surface area (Å²) in [5, 5.41) is 12.2. The van der Waals surface area contributed by atoms with Gasteiger partial charge in [0.05, 0.1) is 11.8 Å². The maximum atomic E-state index is 9.37. The average Bonchev–Trinajstić information content (AvgIpc) is 2.68. The Hall–Kier alpha value is -1.19. The second kappa shape index (κ2) is 4.13. The maximum Gasteiger partial charge on any atom is 0.123 e. The van der Waals surface area contributed by atoms with Crippen molar-refractivity contribution in [3.8, 4) is 10.6 Å². The van der Waals surface area contributed by atoms with E-state index in [4.69, 9.17) is 0 Å². The number of aryl methyl sites for hydroxylation is 1. The van der Waals surface area contributed by atoms with E-state index in [1.54, 1.807) is 18.3 Å². The molecule has 0 spiro atoms. The molecule has 2 nitrogen and oxygen atoms in total. The van der Waals surface area contributed by atoms with Crippen LogP contribution >= 0.6 is 11.3 Å². The van der Waals surface area contributed by atoms with Crippen LogP contribution in [-0.2, 0) is 0 Å². The number of hydrogen-bond donors (Lipinski definition) is 1. The first-order valence-electron chi connectivity index (χ1n) is 4.87. The zero-order chi connectivity index (χ0) is 10.8. The van der Waals surface area contributed by atoms with Gasteiger partial charge in [-0.3, -0.25) is 0 Å². The van der Waals surface area contributed by atoms with Gasteiger partial charge in [-0.1, -0.05) is 29.8 Å². The van der Waals surface area contributed by atoms with Gasteiger partial charge in [-0.25, -0.2) is 4.98 Å². The molecular formula is C12H13NOS. The SMILES string of the molecule is Cc1ccc(-c2nc([C@H](C)O)cs2)cc1. The predicted octanol–water partition coefficient (Wildman–Crippen LogP) is 3.17. The first kappa shape index (κ1) is 10.3. The fourth-order valence-corrected chi connectivity index (χ4v) is 2.22. The summed E-state index contributed by atoms with van der Waals surface area (Å²) in [4.78, 5) is 4.38. The van der Waals surface area contributed by atoms with Crippen LogP contribution in [0, 0.1) is 6.92 Å². The maximum absolute atomic E-state index is 9.37. The number of nitrogens with zero attached hydrogens (tertiary/aromatic N) is 1. The van der Waals surface area contributed by atoms with Gasteiger partial charge in [0.2, 0.25) is 0 Å². The smallest absolute Gasteiger partial charge is 0.123 e. The first-order valence-corrected chi connectivity index (χ1v) is 5.75. The van der Waals surface area contributed by atoms with Crippen LogP contribution in [0.3, 0.4) is 0 Å². The Labute approximate surface area is 93.2 Å². The second-order valence-corrected chi connectivity index (χ2v) is 4.48. The summed E-state index contributed by atoms with van der Waals surface area (Å²) in [6.45, 7) is 3.79. The molecule has 0 radical (unpaired) electrons. The van der Waals surface area contributed by atoms with Gasteiger partial charge in [0.15, 0.2) is 0 Å². The van der Waals surface area contributed by atoms with E-state index in [9.17, 15) is 5.11 Å². The molecule has 15 heavy (non-hydrogen) atoms. The van der Waals surface area contributed by atoms with Crippen LogP contribution in [0.5, 0.6) is 0 Å². The van der Waals surface area contributed by atoms with Crippen LogP contribution in [0.2, 0.25) is 0 Å². The van der Waals surface area contributed by atoms with E-state index < -0.39 is 6.10 Å². The minimum absolute atomic E-state index is 0.486. The summed E-state index contributed by atoms with van der Waals surface area (Å²) in [6, 6.07) is 8.25. The topological polar surface area (TPSA) is 33.1 Å². The van der Waals surface area contributed by atoms with Crippen LogP contribution in [0.4, 0.5) is 0 Å². The summed E-state index contributed by atoms with van der Waals surface area (Å²) in [6.07, 6.45) is -0.486. The Morgan fingerprint density at radius 1 is 1.27 bits per heavy atom. The molecule has 0 fully saturated rings. The van der Waals surface area contributed by atoms with Crippen molar-refractivity contribution in [3.05, 3.63) is 40.9 Å². The second-order valence-electron chi connectivity index (χ2n) is 3.62. The molecular weight excluding hydrogens is 206 g/mol. The molecule has 0 bridgehead atoms. The van der Waals surface area contributed by atoms with E-state index in [0.717, 1.165) is 16.3 Å². The molecule has 0 saturated carbocycles. The Morgan fingerprint density at radius 2 is 1.93 bits per heavy atom. The van der Waals surface area contributed by atoms with E-state index in [2.05, 4.69) is 36.2 Å². The molecule has 1 atom stereocenters. The first-order chi connectivity index (χ1) is 7.16. The molecule has 1 aromatic heterocycles. The van der Waals surface area contributed by atoms with Crippen molar-refractivity contribution in [1.82, 2.24) is 4.98 Å². The molecule has 2 rings (SSSR count). The van der Waals surface area contributed by atoms with Gasteiger partial charge < -0.3 is 5.11 Å². The van der Waals surface area contributed by atoms with Crippen molar-refractivity contribution in [1.29, 1.82) is 0 Å². The van der Waals surface area contributed by atoms with Gasteiger partial charge in [-0.15, -0.1) is 11.3 Å². The summed E-state index contributed by atoms with van der Waals surface area (Å²) < 4.78 is 0. The number of rotatable bonds is 2. The quantitative estimate of drug-likeness (QED) is 0.841. The largest absolute Gasteiger partial charge is 0.387 e. The Kier molecular flexibility index (Phi) is 2.84. The molecule has 0 amide bonds. The number of benzene rings is 1. The van der Waals surface area contributed by atoms with Crippen molar-refractivity contribution in [2.75, 3.05) is 0 Å². The zero-order valence-corrected chi connectivity index (χ0v) is 9.58. The van der Waals surface area contributed by atoms with E-state index in [0.29, 0.717) is 0 Å². The molecule has 3 heteroatoms. The van der Waals surface area contributed by atoms with Crippen molar-refractivity contribution in [2.45, 2.75) is 20.0 Å². The molecule has 0 aliphatic rings. The average molecular weight is 219 g/mol. The summed E-state index contributed by atoms with van der Waals surface area (Å²) in [5.74, 6) is 0. The highest BCUT2D eigenvalue weighted by Crippen LogP contribution is 2.26. The molecule has 2 aromatic rings. The third kappa shape index (κ3) is 2.25. The Bertz CT molecular complexity index is 445. The van der Waals surface area contributed by atoms with Gasteiger partial charge in [0, 0.05) is 10.9 Å². The van der Waals surface area contributed by atoms with Crippen LogP contribution in [-0.4, -0.2) is 10.1 Å². The van der Waals surface area contributed by atoms with Crippen LogP contribution < -0.4 is 0 Å². The van der Waals surface area contributed by atoms with Crippen LogP contribution in [0.15, 0.2) is 29.6 Å². The van der Waals surface area contributed by atoms with Crippen molar-refractivity contribution < 1.29 is 5.11 Å². The highest BCUT2D eigenvalue weighted by Gasteiger charge is 2.07. The molecule has 0 saturated heterocycles. The lowest BCUT2D eigenvalue weighted by molar-refractivity contribution is 0.195. The van der Waals surface area contributed by atoms with Crippen LogP contribution in [0.1, 0.15) is 24.3 Å². The van der Waals surface area contributed by atoms with Crippen molar-refractivity contribution >= 4 is 11.3 Å². The van der Waals surface area contributed by atoms with Crippen molar-refractivity contribution in [3.63, 3.8) is 0 Å².